The number of nitrogens with one attached hydrogen (secondary N) is 4. The molecule has 4 atom stereocenters. The highest BCUT2D eigenvalue weighted by atomic mass is 16.5. The first-order valence-electron chi connectivity index (χ1n) is 18.6. The Labute approximate surface area is 313 Å². The molecule has 2 aliphatic carbocycles. The number of aromatic nitrogens is 4. The van der Waals surface area contributed by atoms with Crippen LogP contribution in [-0.4, -0.2) is 93.1 Å². The van der Waals surface area contributed by atoms with Gasteiger partial charge in [-0.05, 0) is 85.5 Å². The molecule has 8 rings (SSSR count). The normalized spacial score (nSPS) is 21.5. The number of hydrogen-bond acceptors (Lipinski definition) is 8. The van der Waals surface area contributed by atoms with Crippen molar-refractivity contribution in [1.82, 2.24) is 40.4 Å². The number of carbonyl (C=O) groups excluding carboxylic acids is 4. The molecule has 54 heavy (non-hydrogen) atoms. The third-order valence-corrected chi connectivity index (χ3v) is 11.8. The quantitative estimate of drug-likeness (QED) is 0.169. The Balaban J connectivity index is 0.933. The predicted molar refractivity (Wildman–Crippen MR) is 199 cm³/mol. The summed E-state index contributed by atoms with van der Waals surface area (Å²) >= 11 is 0. The van der Waals surface area contributed by atoms with Gasteiger partial charge in [-0.1, -0.05) is 48.5 Å². The summed E-state index contributed by atoms with van der Waals surface area (Å²) in [6.07, 6.45) is 8.43. The molecule has 282 valence electrons. The van der Waals surface area contributed by atoms with Gasteiger partial charge in [0.25, 0.3) is 0 Å². The van der Waals surface area contributed by atoms with E-state index in [1.165, 1.54) is 14.2 Å². The Kier molecular flexibility index (Phi) is 8.93. The Hall–Kier alpha value is -5.66. The van der Waals surface area contributed by atoms with E-state index < -0.39 is 24.3 Å². The number of imidazole rings is 2. The molecule has 4 amide bonds. The Bertz CT molecular complexity index is 1920. The van der Waals surface area contributed by atoms with Crippen LogP contribution >= 0.6 is 0 Å². The number of likely N-dealkylation sites (tertiary alicyclic amines) is 2. The minimum absolute atomic E-state index is 0.136. The molecular formula is C40H46N8O6. The number of rotatable bonds is 9. The van der Waals surface area contributed by atoms with E-state index in [1.54, 1.807) is 13.8 Å². The molecule has 2 aromatic heterocycles. The summed E-state index contributed by atoms with van der Waals surface area (Å²) in [4.78, 5) is 70.4. The Morgan fingerprint density at radius 3 is 1.33 bits per heavy atom. The van der Waals surface area contributed by atoms with Crippen molar-refractivity contribution in [2.24, 2.45) is 10.8 Å². The van der Waals surface area contributed by atoms with Crippen LogP contribution in [0.5, 0.6) is 0 Å². The van der Waals surface area contributed by atoms with E-state index in [-0.39, 0.29) is 34.7 Å². The van der Waals surface area contributed by atoms with Gasteiger partial charge in [0.1, 0.15) is 23.7 Å². The summed E-state index contributed by atoms with van der Waals surface area (Å²) in [6, 6.07) is 14.8. The van der Waals surface area contributed by atoms with Gasteiger partial charge in [-0.15, -0.1) is 0 Å². The van der Waals surface area contributed by atoms with E-state index in [0.29, 0.717) is 13.1 Å². The smallest absolute Gasteiger partial charge is 0.407 e. The Morgan fingerprint density at radius 1 is 0.648 bits per heavy atom. The monoisotopic (exact) mass is 734 g/mol. The third-order valence-electron chi connectivity index (χ3n) is 11.8. The second kappa shape index (κ2) is 13.6. The maximum Gasteiger partial charge on any atom is 0.407 e. The van der Waals surface area contributed by atoms with E-state index in [1.807, 2.05) is 22.2 Å². The maximum absolute atomic E-state index is 13.4. The van der Waals surface area contributed by atoms with Crippen molar-refractivity contribution >= 4 is 24.0 Å². The van der Waals surface area contributed by atoms with Gasteiger partial charge in [0.05, 0.1) is 50.1 Å². The highest BCUT2D eigenvalue weighted by Gasteiger charge is 2.56. The van der Waals surface area contributed by atoms with E-state index in [2.05, 4.69) is 69.1 Å². The molecule has 4 aliphatic rings. The highest BCUT2D eigenvalue weighted by molar-refractivity contribution is 5.87. The molecule has 4 N–H and O–H groups in total. The standard InChI is InChI=1S/C40H46N8O6/c1-23(43-37(51)53-3)35(49)47-21-39(13-14-39)17-31(47)33-41-19-29(45-33)27-9-5-25(6-10-27)26-7-11-28(12-8-26)30-20-42-34(46-30)32-18-40(15-16-40)22-48(32)36(50)24(2)44-38(52)54-4/h5-12,19-20,23-24,31-32H,13-18,21-22H2,1-4H3,(H,41,45)(H,42,46)(H,43,51)(H,44,52)/t23-,24-,31?,32?/m0/s1. The molecule has 14 nitrogen and oxygen atoms in total. The second-order valence-electron chi connectivity index (χ2n) is 15.6. The summed E-state index contributed by atoms with van der Waals surface area (Å²) in [5.74, 6) is 1.21. The third kappa shape index (κ3) is 6.80. The first-order valence-corrected chi connectivity index (χ1v) is 18.6. The number of ether oxygens (including phenoxy) is 2. The number of amides is 4. The lowest BCUT2D eigenvalue weighted by Crippen LogP contribution is -2.47. The first kappa shape index (κ1) is 35.4. The van der Waals surface area contributed by atoms with Crippen LogP contribution in [0, 0.1) is 10.8 Å². The average Bonchev–Trinajstić information content (AvgIpc) is 3.76. The molecule has 2 saturated heterocycles. The number of carbonyl (C=O) groups is 4. The van der Waals surface area contributed by atoms with Gasteiger partial charge in [-0.3, -0.25) is 9.59 Å². The average molecular weight is 735 g/mol. The van der Waals surface area contributed by atoms with Crippen molar-refractivity contribution in [2.75, 3.05) is 27.3 Å². The van der Waals surface area contributed by atoms with E-state index >= 15 is 0 Å². The molecule has 14 heteroatoms. The van der Waals surface area contributed by atoms with Gasteiger partial charge < -0.3 is 39.9 Å². The fraction of sp³-hybridized carbons (Fsp3) is 0.450. The van der Waals surface area contributed by atoms with Gasteiger partial charge in [0, 0.05) is 13.1 Å². The molecule has 4 aromatic rings. The maximum atomic E-state index is 13.4. The first-order chi connectivity index (χ1) is 26.0. The fourth-order valence-corrected chi connectivity index (χ4v) is 8.22. The largest absolute Gasteiger partial charge is 0.453 e. The van der Waals surface area contributed by atoms with Gasteiger partial charge in [0.2, 0.25) is 11.8 Å². The fourth-order valence-electron chi connectivity index (χ4n) is 8.22. The zero-order valence-electron chi connectivity index (χ0n) is 31.0. The highest BCUT2D eigenvalue weighted by Crippen LogP contribution is 2.59. The van der Waals surface area contributed by atoms with Crippen LogP contribution in [0.3, 0.4) is 0 Å². The summed E-state index contributed by atoms with van der Waals surface area (Å²) in [7, 11) is 2.57. The van der Waals surface area contributed by atoms with Crippen molar-refractivity contribution in [3.05, 3.63) is 72.6 Å². The van der Waals surface area contributed by atoms with Crippen molar-refractivity contribution in [1.29, 1.82) is 0 Å². The van der Waals surface area contributed by atoms with Crippen molar-refractivity contribution in [2.45, 2.75) is 76.5 Å². The van der Waals surface area contributed by atoms with Crippen molar-refractivity contribution in [3.63, 3.8) is 0 Å². The Morgan fingerprint density at radius 2 is 1.00 bits per heavy atom. The molecule has 4 heterocycles. The zero-order valence-corrected chi connectivity index (χ0v) is 31.0. The van der Waals surface area contributed by atoms with Gasteiger partial charge in [-0.2, -0.15) is 0 Å². The van der Waals surface area contributed by atoms with Gasteiger partial charge in [0.15, 0.2) is 0 Å². The van der Waals surface area contributed by atoms with Crippen LogP contribution in [0.4, 0.5) is 9.59 Å². The minimum Gasteiger partial charge on any atom is -0.453 e. The van der Waals surface area contributed by atoms with Gasteiger partial charge in [-0.25, -0.2) is 19.6 Å². The molecule has 2 saturated carbocycles. The SMILES string of the molecule is COC(=O)N[C@@H](C)C(=O)N1CC2(CC2)CC1c1ncc(-c2ccc(-c3ccc(-c4cnc(C5CC6(CC6)CN5C(=O)[C@H](C)NC(=O)OC)[nH]4)cc3)cc2)[nH]1. The number of benzene rings is 2. The van der Waals surface area contributed by atoms with Crippen molar-refractivity contribution < 1.29 is 28.7 Å². The molecule has 2 unspecified atom stereocenters. The minimum atomic E-state index is -0.704. The van der Waals surface area contributed by atoms with Crippen LogP contribution in [0.1, 0.15) is 76.1 Å². The molecule has 0 radical (unpaired) electrons. The lowest BCUT2D eigenvalue weighted by molar-refractivity contribution is -0.134. The molecular weight excluding hydrogens is 688 g/mol. The lowest BCUT2D eigenvalue weighted by atomic mass is 10.0. The molecule has 2 aliphatic heterocycles. The topological polar surface area (TPSA) is 175 Å². The van der Waals surface area contributed by atoms with E-state index in [9.17, 15) is 19.2 Å². The summed E-state index contributed by atoms with van der Waals surface area (Å²) in [5.41, 5.74) is 6.12. The number of hydrogen-bond donors (Lipinski definition) is 4. The van der Waals surface area contributed by atoms with Crippen LogP contribution in [0.15, 0.2) is 60.9 Å². The number of methoxy groups -OCH3 is 2. The zero-order chi connectivity index (χ0) is 37.8. The summed E-state index contributed by atoms with van der Waals surface area (Å²) in [6.45, 7) is 4.68. The van der Waals surface area contributed by atoms with Crippen LogP contribution in [0.25, 0.3) is 33.6 Å². The molecule has 2 aromatic carbocycles. The summed E-state index contributed by atoms with van der Waals surface area (Å²) in [5, 5.41) is 5.21. The number of nitrogens with zero attached hydrogens (tertiary/aromatic N) is 4. The van der Waals surface area contributed by atoms with Crippen LogP contribution < -0.4 is 10.6 Å². The molecule has 2 spiro atoms. The second-order valence-corrected chi connectivity index (χ2v) is 15.6. The van der Waals surface area contributed by atoms with Crippen LogP contribution in [0.2, 0.25) is 0 Å². The van der Waals surface area contributed by atoms with Gasteiger partial charge >= 0.3 is 12.2 Å². The van der Waals surface area contributed by atoms with Crippen LogP contribution in [-0.2, 0) is 19.1 Å². The molecule has 0 bridgehead atoms. The number of H-pyrrole nitrogens is 2. The summed E-state index contributed by atoms with van der Waals surface area (Å²) < 4.78 is 9.39. The predicted octanol–water partition coefficient (Wildman–Crippen LogP) is 5.73. The number of alkyl carbamates (subject to hydrolysis) is 2. The lowest BCUT2D eigenvalue weighted by Gasteiger charge is -2.26. The van der Waals surface area contributed by atoms with Crippen molar-refractivity contribution in [3.8, 4) is 33.6 Å². The molecule has 4 fully saturated rings. The number of aromatic amines is 2. The van der Waals surface area contributed by atoms with E-state index in [4.69, 9.17) is 19.4 Å². The van der Waals surface area contributed by atoms with E-state index in [0.717, 1.165) is 83.8 Å².